The summed E-state index contributed by atoms with van der Waals surface area (Å²) in [7, 11) is 1.65. The molecule has 0 bridgehead atoms. The normalized spacial score (nSPS) is 20.4. The number of halogens is 1. The van der Waals surface area contributed by atoms with Crippen LogP contribution in [0.2, 0.25) is 0 Å². The van der Waals surface area contributed by atoms with E-state index < -0.39 is 11.5 Å². The SMILES string of the molecule is Cn1cc(C(N)=O)cc1C(=O)N1CCC(O)(c2ccc(F)cc2)C1. The van der Waals surface area contributed by atoms with Crippen LogP contribution in [0.1, 0.15) is 32.8 Å². The molecule has 1 fully saturated rings. The highest BCUT2D eigenvalue weighted by Crippen LogP contribution is 2.32. The van der Waals surface area contributed by atoms with Gasteiger partial charge in [-0.05, 0) is 30.2 Å². The van der Waals surface area contributed by atoms with Crippen LogP contribution in [0.3, 0.4) is 0 Å². The van der Waals surface area contributed by atoms with Gasteiger partial charge in [0.05, 0.1) is 12.1 Å². The monoisotopic (exact) mass is 331 g/mol. The van der Waals surface area contributed by atoms with Crippen molar-refractivity contribution in [2.24, 2.45) is 12.8 Å². The Hall–Kier alpha value is -2.67. The zero-order valence-electron chi connectivity index (χ0n) is 13.2. The quantitative estimate of drug-likeness (QED) is 0.879. The number of rotatable bonds is 3. The second kappa shape index (κ2) is 5.76. The molecule has 3 N–H and O–H groups in total. The van der Waals surface area contributed by atoms with Gasteiger partial charge in [-0.2, -0.15) is 0 Å². The maximum absolute atomic E-state index is 13.0. The van der Waals surface area contributed by atoms with E-state index in [1.165, 1.54) is 46.0 Å². The highest BCUT2D eigenvalue weighted by Gasteiger charge is 2.40. The van der Waals surface area contributed by atoms with Crippen LogP contribution in [0.4, 0.5) is 4.39 Å². The second-order valence-electron chi connectivity index (χ2n) is 6.10. The third kappa shape index (κ3) is 2.78. The summed E-state index contributed by atoms with van der Waals surface area (Å²) < 4.78 is 14.6. The molecule has 1 saturated heterocycles. The number of primary amides is 1. The van der Waals surface area contributed by atoms with Crippen molar-refractivity contribution in [1.82, 2.24) is 9.47 Å². The van der Waals surface area contributed by atoms with Crippen LogP contribution in [0.25, 0.3) is 0 Å². The minimum absolute atomic E-state index is 0.106. The van der Waals surface area contributed by atoms with Gasteiger partial charge in [0.2, 0.25) is 5.91 Å². The van der Waals surface area contributed by atoms with Gasteiger partial charge in [-0.25, -0.2) is 4.39 Å². The number of β-amino-alcohol motifs (C(OH)–C–C–N with tert-alkyl or cyclic N) is 1. The molecule has 1 aromatic carbocycles. The van der Waals surface area contributed by atoms with E-state index in [4.69, 9.17) is 5.73 Å². The molecule has 1 aromatic heterocycles. The number of nitrogens with two attached hydrogens (primary N) is 1. The number of nitrogens with zero attached hydrogens (tertiary/aromatic N) is 2. The largest absolute Gasteiger partial charge is 0.383 e. The third-order valence-electron chi connectivity index (χ3n) is 4.43. The van der Waals surface area contributed by atoms with Gasteiger partial charge in [-0.1, -0.05) is 12.1 Å². The summed E-state index contributed by atoms with van der Waals surface area (Å²) in [6.07, 6.45) is 1.86. The lowest BCUT2D eigenvalue weighted by Crippen LogP contribution is -2.35. The molecule has 24 heavy (non-hydrogen) atoms. The van der Waals surface area contributed by atoms with Crippen molar-refractivity contribution in [3.63, 3.8) is 0 Å². The van der Waals surface area contributed by atoms with Crippen molar-refractivity contribution in [3.05, 3.63) is 59.2 Å². The highest BCUT2D eigenvalue weighted by atomic mass is 19.1. The van der Waals surface area contributed by atoms with Crippen LogP contribution in [-0.2, 0) is 12.6 Å². The van der Waals surface area contributed by atoms with Crippen LogP contribution in [0.15, 0.2) is 36.5 Å². The van der Waals surface area contributed by atoms with Gasteiger partial charge in [0.15, 0.2) is 0 Å². The van der Waals surface area contributed by atoms with E-state index >= 15 is 0 Å². The molecular formula is C17H18FN3O3. The Balaban J connectivity index is 1.81. The van der Waals surface area contributed by atoms with Gasteiger partial charge in [0, 0.05) is 19.8 Å². The van der Waals surface area contributed by atoms with Gasteiger partial charge in [0.1, 0.15) is 17.1 Å². The molecule has 7 heteroatoms. The predicted molar refractivity (Wildman–Crippen MR) is 84.7 cm³/mol. The first-order valence-corrected chi connectivity index (χ1v) is 7.54. The molecule has 1 aliphatic heterocycles. The van der Waals surface area contributed by atoms with Crippen LogP contribution >= 0.6 is 0 Å². The van der Waals surface area contributed by atoms with Crippen LogP contribution < -0.4 is 5.73 Å². The zero-order valence-corrected chi connectivity index (χ0v) is 13.2. The molecule has 2 heterocycles. The Labute approximate surface area is 138 Å². The summed E-state index contributed by atoms with van der Waals surface area (Å²) in [6, 6.07) is 7.07. The number of aliphatic hydroxyl groups is 1. The molecule has 2 amide bonds. The Morgan fingerprint density at radius 3 is 2.54 bits per heavy atom. The van der Waals surface area contributed by atoms with Crippen LogP contribution in [-0.4, -0.2) is 39.5 Å². The number of amides is 2. The summed E-state index contributed by atoms with van der Waals surface area (Å²) in [5.41, 5.74) is 5.18. The van der Waals surface area contributed by atoms with E-state index in [0.29, 0.717) is 24.2 Å². The van der Waals surface area contributed by atoms with Gasteiger partial charge < -0.3 is 20.3 Å². The Bertz CT molecular complexity index is 800. The van der Waals surface area contributed by atoms with Crippen molar-refractivity contribution in [2.75, 3.05) is 13.1 Å². The lowest BCUT2D eigenvalue weighted by Gasteiger charge is -2.24. The summed E-state index contributed by atoms with van der Waals surface area (Å²) in [4.78, 5) is 25.4. The number of likely N-dealkylation sites (tertiary alicyclic amines) is 1. The molecule has 1 aliphatic rings. The number of aromatic nitrogens is 1. The van der Waals surface area contributed by atoms with E-state index in [1.54, 1.807) is 7.05 Å². The van der Waals surface area contributed by atoms with Gasteiger partial charge in [-0.3, -0.25) is 9.59 Å². The van der Waals surface area contributed by atoms with E-state index in [-0.39, 0.29) is 23.8 Å². The molecule has 126 valence electrons. The maximum Gasteiger partial charge on any atom is 0.270 e. The topological polar surface area (TPSA) is 88.6 Å². The predicted octanol–water partition coefficient (Wildman–Crippen LogP) is 0.997. The Morgan fingerprint density at radius 1 is 1.29 bits per heavy atom. The molecule has 1 atom stereocenters. The number of aryl methyl sites for hydroxylation is 1. The van der Waals surface area contributed by atoms with Crippen molar-refractivity contribution >= 4 is 11.8 Å². The van der Waals surface area contributed by atoms with Crippen molar-refractivity contribution < 1.29 is 19.1 Å². The number of benzene rings is 1. The van der Waals surface area contributed by atoms with Gasteiger partial charge >= 0.3 is 0 Å². The minimum Gasteiger partial charge on any atom is -0.383 e. The molecule has 0 saturated carbocycles. The van der Waals surface area contributed by atoms with E-state index in [0.717, 1.165) is 0 Å². The summed E-state index contributed by atoms with van der Waals surface area (Å²) >= 11 is 0. The van der Waals surface area contributed by atoms with Crippen LogP contribution in [0, 0.1) is 5.82 Å². The molecule has 0 aliphatic carbocycles. The van der Waals surface area contributed by atoms with E-state index in [2.05, 4.69) is 0 Å². The molecule has 2 aromatic rings. The van der Waals surface area contributed by atoms with Crippen molar-refractivity contribution in [3.8, 4) is 0 Å². The first-order valence-electron chi connectivity index (χ1n) is 7.54. The average molecular weight is 331 g/mol. The first-order chi connectivity index (χ1) is 11.3. The fraction of sp³-hybridized carbons (Fsp3) is 0.294. The van der Waals surface area contributed by atoms with Crippen LogP contribution in [0.5, 0.6) is 0 Å². The minimum atomic E-state index is -1.21. The lowest BCUT2D eigenvalue weighted by molar-refractivity contribution is 0.0414. The molecular weight excluding hydrogens is 313 g/mol. The summed E-state index contributed by atoms with van der Waals surface area (Å²) in [6.45, 7) is 0.471. The summed E-state index contributed by atoms with van der Waals surface area (Å²) in [5, 5.41) is 10.8. The molecule has 3 rings (SSSR count). The number of hydrogen-bond donors (Lipinski definition) is 2. The average Bonchev–Trinajstić information content (AvgIpc) is 3.12. The fourth-order valence-electron chi connectivity index (χ4n) is 3.04. The summed E-state index contributed by atoms with van der Waals surface area (Å²) in [5.74, 6) is -1.27. The number of carbonyl (C=O) groups excluding carboxylic acids is 2. The highest BCUT2D eigenvalue weighted by molar-refractivity contribution is 5.98. The Morgan fingerprint density at radius 2 is 1.96 bits per heavy atom. The third-order valence-corrected chi connectivity index (χ3v) is 4.43. The first kappa shape index (κ1) is 16.2. The Kier molecular flexibility index (Phi) is 3.88. The van der Waals surface area contributed by atoms with Gasteiger partial charge in [0.25, 0.3) is 5.91 Å². The fourth-order valence-corrected chi connectivity index (χ4v) is 3.04. The lowest BCUT2D eigenvalue weighted by atomic mass is 9.93. The second-order valence-corrected chi connectivity index (χ2v) is 6.10. The molecule has 0 spiro atoms. The number of carbonyl (C=O) groups is 2. The van der Waals surface area contributed by atoms with Crippen molar-refractivity contribution in [1.29, 1.82) is 0 Å². The van der Waals surface area contributed by atoms with E-state index in [9.17, 15) is 19.1 Å². The zero-order chi connectivity index (χ0) is 17.5. The van der Waals surface area contributed by atoms with Crippen molar-refractivity contribution in [2.45, 2.75) is 12.0 Å². The smallest absolute Gasteiger partial charge is 0.270 e. The molecule has 6 nitrogen and oxygen atoms in total. The molecule has 0 radical (unpaired) electrons. The maximum atomic E-state index is 13.0. The number of hydrogen-bond acceptors (Lipinski definition) is 3. The molecule has 1 unspecified atom stereocenters. The van der Waals surface area contributed by atoms with E-state index in [1.807, 2.05) is 0 Å². The van der Waals surface area contributed by atoms with Gasteiger partial charge in [-0.15, -0.1) is 0 Å². The standard InChI is InChI=1S/C17H18FN3O3/c1-20-9-11(15(19)22)8-14(20)16(23)21-7-6-17(24,10-21)12-2-4-13(18)5-3-12/h2-5,8-9,24H,6-7,10H2,1H3,(H2,19,22).